The lowest BCUT2D eigenvalue weighted by molar-refractivity contribution is 0.593. The zero-order chi connectivity index (χ0) is 16.6. The van der Waals surface area contributed by atoms with Crippen molar-refractivity contribution in [1.82, 2.24) is 14.5 Å². The molecule has 2 N–H and O–H groups in total. The second kappa shape index (κ2) is 5.81. The number of nitrogens with zero attached hydrogens (tertiary/aromatic N) is 3. The van der Waals surface area contributed by atoms with E-state index in [1.807, 2.05) is 28.8 Å². The van der Waals surface area contributed by atoms with E-state index in [4.69, 9.17) is 5.73 Å². The minimum atomic E-state index is -3.06. The topological polar surface area (TPSA) is 90.9 Å². The van der Waals surface area contributed by atoms with Gasteiger partial charge in [0, 0.05) is 24.6 Å². The first-order valence-corrected chi connectivity index (χ1v) is 9.68. The van der Waals surface area contributed by atoms with Crippen molar-refractivity contribution in [2.24, 2.45) is 0 Å². The smallest absolute Gasteiger partial charge is 0.152 e. The zero-order valence-corrected chi connectivity index (χ0v) is 14.1. The van der Waals surface area contributed by atoms with E-state index in [9.17, 15) is 8.42 Å². The molecule has 0 bridgehead atoms. The van der Waals surface area contributed by atoms with Crippen LogP contribution < -0.4 is 5.73 Å². The molecule has 3 aromatic rings. The number of hydrogen-bond donors (Lipinski definition) is 1. The van der Waals surface area contributed by atoms with Gasteiger partial charge < -0.3 is 10.3 Å². The minimum absolute atomic E-state index is 0.0751. The van der Waals surface area contributed by atoms with Crippen LogP contribution in [0.5, 0.6) is 0 Å². The Morgan fingerprint density at radius 2 is 1.96 bits per heavy atom. The SMILES string of the molecule is CCCc1nc2c(N)nc3ccccc3c2n1CCS(C)(=O)=O. The van der Waals surface area contributed by atoms with Crippen molar-refractivity contribution < 1.29 is 8.42 Å². The Morgan fingerprint density at radius 1 is 1.22 bits per heavy atom. The molecule has 0 fully saturated rings. The maximum atomic E-state index is 11.6. The number of aryl methyl sites for hydroxylation is 2. The van der Waals surface area contributed by atoms with Gasteiger partial charge in [0.2, 0.25) is 0 Å². The Bertz CT molecular complexity index is 977. The molecule has 0 aliphatic carbocycles. The molecule has 122 valence electrons. The van der Waals surface area contributed by atoms with Gasteiger partial charge in [0.25, 0.3) is 0 Å². The molecule has 0 atom stereocenters. The van der Waals surface area contributed by atoms with Crippen LogP contribution in [0.1, 0.15) is 19.2 Å². The van der Waals surface area contributed by atoms with Crippen LogP contribution in [-0.4, -0.2) is 35.0 Å². The molecule has 3 rings (SSSR count). The summed E-state index contributed by atoms with van der Waals surface area (Å²) >= 11 is 0. The maximum absolute atomic E-state index is 11.6. The fourth-order valence-electron chi connectivity index (χ4n) is 2.82. The standard InChI is InChI=1S/C16H20N4O2S/c1-3-6-13-19-14-15(20(13)9-10-23(2,21)22)11-7-4-5-8-12(11)18-16(14)17/h4-5,7-8H,3,6,9-10H2,1-2H3,(H2,17,18). The number of pyridine rings is 1. The lowest BCUT2D eigenvalue weighted by Gasteiger charge is -2.10. The van der Waals surface area contributed by atoms with Crippen LogP contribution in [0.2, 0.25) is 0 Å². The summed E-state index contributed by atoms with van der Waals surface area (Å²) in [6.07, 6.45) is 2.94. The van der Waals surface area contributed by atoms with Crippen molar-refractivity contribution in [3.8, 4) is 0 Å². The molecule has 0 radical (unpaired) electrons. The summed E-state index contributed by atoms with van der Waals surface area (Å²) in [6.45, 7) is 2.44. The van der Waals surface area contributed by atoms with Crippen LogP contribution in [0.25, 0.3) is 21.9 Å². The number of benzene rings is 1. The van der Waals surface area contributed by atoms with Crippen LogP contribution in [0.3, 0.4) is 0 Å². The third kappa shape index (κ3) is 3.01. The van der Waals surface area contributed by atoms with E-state index < -0.39 is 9.84 Å². The van der Waals surface area contributed by atoms with Gasteiger partial charge in [-0.1, -0.05) is 25.1 Å². The van der Waals surface area contributed by atoms with Gasteiger partial charge in [-0.15, -0.1) is 0 Å². The predicted octanol–water partition coefficient (Wildman–Crippen LogP) is 2.16. The number of nitrogens with two attached hydrogens (primary N) is 1. The van der Waals surface area contributed by atoms with E-state index in [-0.39, 0.29) is 5.75 Å². The first kappa shape index (κ1) is 15.7. The minimum Gasteiger partial charge on any atom is -0.382 e. The molecule has 0 saturated heterocycles. The predicted molar refractivity (Wildman–Crippen MR) is 93.2 cm³/mol. The van der Waals surface area contributed by atoms with Crippen molar-refractivity contribution in [1.29, 1.82) is 0 Å². The van der Waals surface area contributed by atoms with Crippen molar-refractivity contribution >= 4 is 37.6 Å². The quantitative estimate of drug-likeness (QED) is 0.773. The fourth-order valence-corrected chi connectivity index (χ4v) is 3.33. The van der Waals surface area contributed by atoms with Crippen molar-refractivity contribution in [2.45, 2.75) is 26.3 Å². The zero-order valence-electron chi connectivity index (χ0n) is 13.3. The van der Waals surface area contributed by atoms with E-state index in [2.05, 4.69) is 16.9 Å². The molecule has 23 heavy (non-hydrogen) atoms. The molecular weight excluding hydrogens is 312 g/mol. The van der Waals surface area contributed by atoms with Gasteiger partial charge in [-0.3, -0.25) is 0 Å². The van der Waals surface area contributed by atoms with Crippen molar-refractivity contribution in [3.63, 3.8) is 0 Å². The number of nitrogen functional groups attached to an aromatic ring is 1. The van der Waals surface area contributed by atoms with E-state index >= 15 is 0 Å². The van der Waals surface area contributed by atoms with Crippen LogP contribution in [-0.2, 0) is 22.8 Å². The van der Waals surface area contributed by atoms with E-state index in [1.54, 1.807) is 0 Å². The highest BCUT2D eigenvalue weighted by Crippen LogP contribution is 2.29. The summed E-state index contributed by atoms with van der Waals surface area (Å²) in [5.41, 5.74) is 8.40. The largest absolute Gasteiger partial charge is 0.382 e. The lowest BCUT2D eigenvalue weighted by Crippen LogP contribution is -2.13. The normalized spacial score (nSPS) is 12.3. The number of para-hydroxylation sites is 1. The monoisotopic (exact) mass is 332 g/mol. The van der Waals surface area contributed by atoms with Gasteiger partial charge in [-0.05, 0) is 12.5 Å². The van der Waals surface area contributed by atoms with Gasteiger partial charge in [0.15, 0.2) is 5.82 Å². The molecule has 0 spiro atoms. The van der Waals surface area contributed by atoms with Gasteiger partial charge in [-0.25, -0.2) is 18.4 Å². The summed E-state index contributed by atoms with van der Waals surface area (Å²) in [7, 11) is -3.06. The number of hydrogen-bond acceptors (Lipinski definition) is 5. The number of anilines is 1. The number of aromatic nitrogens is 3. The molecule has 0 aliphatic heterocycles. The second-order valence-electron chi connectivity index (χ2n) is 5.77. The third-order valence-electron chi connectivity index (χ3n) is 3.85. The molecule has 6 nitrogen and oxygen atoms in total. The summed E-state index contributed by atoms with van der Waals surface area (Å²) in [5, 5.41) is 0.944. The highest BCUT2D eigenvalue weighted by molar-refractivity contribution is 7.90. The van der Waals surface area contributed by atoms with Gasteiger partial charge in [0.05, 0.1) is 16.8 Å². The fraction of sp³-hybridized carbons (Fsp3) is 0.375. The summed E-state index contributed by atoms with van der Waals surface area (Å²) in [5.74, 6) is 1.32. The molecule has 2 heterocycles. The Labute approximate surface area is 135 Å². The van der Waals surface area contributed by atoms with Gasteiger partial charge in [0.1, 0.15) is 21.2 Å². The van der Waals surface area contributed by atoms with Crippen molar-refractivity contribution in [3.05, 3.63) is 30.1 Å². The van der Waals surface area contributed by atoms with E-state index in [0.717, 1.165) is 35.1 Å². The highest BCUT2D eigenvalue weighted by atomic mass is 32.2. The molecular formula is C16H20N4O2S. The molecule has 7 heteroatoms. The van der Waals surface area contributed by atoms with Crippen LogP contribution in [0.4, 0.5) is 5.82 Å². The van der Waals surface area contributed by atoms with Crippen LogP contribution in [0.15, 0.2) is 24.3 Å². The summed E-state index contributed by atoms with van der Waals surface area (Å²) < 4.78 is 25.2. The Balaban J connectivity index is 2.30. The van der Waals surface area contributed by atoms with Gasteiger partial charge >= 0.3 is 0 Å². The Morgan fingerprint density at radius 3 is 2.65 bits per heavy atom. The molecule has 0 unspecified atom stereocenters. The van der Waals surface area contributed by atoms with E-state index in [1.165, 1.54) is 6.26 Å². The first-order chi connectivity index (χ1) is 10.9. The van der Waals surface area contributed by atoms with Gasteiger partial charge in [-0.2, -0.15) is 0 Å². The molecule has 1 aromatic carbocycles. The highest BCUT2D eigenvalue weighted by Gasteiger charge is 2.17. The number of fused-ring (bicyclic) bond motifs is 3. The average Bonchev–Trinajstić information content (AvgIpc) is 2.84. The average molecular weight is 332 g/mol. The third-order valence-corrected chi connectivity index (χ3v) is 4.77. The molecule has 2 aromatic heterocycles. The van der Waals surface area contributed by atoms with Crippen LogP contribution >= 0.6 is 0 Å². The second-order valence-corrected chi connectivity index (χ2v) is 8.03. The molecule has 0 amide bonds. The molecule has 0 aliphatic rings. The van der Waals surface area contributed by atoms with Crippen molar-refractivity contribution in [2.75, 3.05) is 17.7 Å². The maximum Gasteiger partial charge on any atom is 0.152 e. The van der Waals surface area contributed by atoms with E-state index in [0.29, 0.717) is 17.9 Å². The Kier molecular flexibility index (Phi) is 3.97. The first-order valence-electron chi connectivity index (χ1n) is 7.61. The number of sulfone groups is 1. The number of rotatable bonds is 5. The number of imidazole rings is 1. The summed E-state index contributed by atoms with van der Waals surface area (Å²) in [4.78, 5) is 9.04. The lowest BCUT2D eigenvalue weighted by atomic mass is 10.2. The molecule has 0 saturated carbocycles. The Hall–Kier alpha value is -2.15. The summed E-state index contributed by atoms with van der Waals surface area (Å²) in [6, 6.07) is 7.72. The van der Waals surface area contributed by atoms with Crippen LogP contribution in [0, 0.1) is 0 Å².